The van der Waals surface area contributed by atoms with E-state index in [2.05, 4.69) is 10.9 Å². The number of amides is 2. The Morgan fingerprint density at radius 1 is 0.714 bits per heavy atom. The number of hydrogen-bond donors (Lipinski definition) is 2. The lowest BCUT2D eigenvalue weighted by atomic mass is 10.2. The molecule has 2 N–H and O–H groups in total. The third-order valence-electron chi connectivity index (χ3n) is 4.64. The molecule has 1 aliphatic rings. The predicted octanol–water partition coefficient (Wildman–Crippen LogP) is 2.33. The summed E-state index contributed by atoms with van der Waals surface area (Å²) in [5.41, 5.74) is 5.34. The molecule has 3 rings (SSSR count). The number of carbonyl (C=O) groups is 2. The van der Waals surface area contributed by atoms with E-state index in [0.717, 1.165) is 25.7 Å². The zero-order valence-corrected chi connectivity index (χ0v) is 16.2. The summed E-state index contributed by atoms with van der Waals surface area (Å²) >= 11 is 0. The van der Waals surface area contributed by atoms with E-state index in [1.54, 1.807) is 30.3 Å². The van der Waals surface area contributed by atoms with Gasteiger partial charge in [0.25, 0.3) is 11.8 Å². The highest BCUT2D eigenvalue weighted by Crippen LogP contribution is 2.20. The Labute approximate surface area is 164 Å². The van der Waals surface area contributed by atoms with Crippen LogP contribution in [0.3, 0.4) is 0 Å². The molecule has 0 radical (unpaired) electrons. The molecule has 0 spiro atoms. The van der Waals surface area contributed by atoms with Crippen molar-refractivity contribution in [2.45, 2.75) is 30.6 Å². The molecule has 7 nitrogen and oxygen atoms in total. The molecule has 2 aromatic rings. The third kappa shape index (κ3) is 4.76. The van der Waals surface area contributed by atoms with Crippen LogP contribution >= 0.6 is 0 Å². The van der Waals surface area contributed by atoms with Gasteiger partial charge in [-0.05, 0) is 49.2 Å². The summed E-state index contributed by atoms with van der Waals surface area (Å²) in [6.07, 6.45) is 3.81. The number of nitrogens with one attached hydrogen (secondary N) is 2. The number of hydrazine groups is 1. The smallest absolute Gasteiger partial charge is 0.267 e. The van der Waals surface area contributed by atoms with E-state index in [9.17, 15) is 18.0 Å². The standard InChI is InChI=1S/C20H23N3O4S/c24-19(16-8-4-3-5-9-16)21-22-20(25)17-10-12-18(13-11-17)28(26,27)23-14-6-1-2-7-15-23/h3-5,8-13H,1-2,6-7,14-15H2,(H,21,24)(H,22,25). The molecule has 0 atom stereocenters. The topological polar surface area (TPSA) is 95.6 Å². The second-order valence-corrected chi connectivity index (χ2v) is 8.55. The first-order valence-corrected chi connectivity index (χ1v) is 10.7. The van der Waals surface area contributed by atoms with Gasteiger partial charge >= 0.3 is 0 Å². The Hall–Kier alpha value is -2.71. The van der Waals surface area contributed by atoms with Gasteiger partial charge in [-0.25, -0.2) is 8.42 Å². The average molecular weight is 401 g/mol. The van der Waals surface area contributed by atoms with Crippen LogP contribution in [-0.4, -0.2) is 37.6 Å². The van der Waals surface area contributed by atoms with Crippen molar-refractivity contribution in [3.05, 3.63) is 65.7 Å². The molecule has 1 aliphatic heterocycles. The lowest BCUT2D eigenvalue weighted by molar-refractivity contribution is 0.0846. The molecule has 0 aliphatic carbocycles. The summed E-state index contributed by atoms with van der Waals surface area (Å²) < 4.78 is 27.0. The molecular weight excluding hydrogens is 378 g/mol. The van der Waals surface area contributed by atoms with E-state index in [-0.39, 0.29) is 10.5 Å². The largest absolute Gasteiger partial charge is 0.269 e. The monoisotopic (exact) mass is 401 g/mol. The van der Waals surface area contributed by atoms with Crippen LogP contribution in [0.15, 0.2) is 59.5 Å². The summed E-state index contributed by atoms with van der Waals surface area (Å²) in [5.74, 6) is -0.961. The van der Waals surface area contributed by atoms with Gasteiger partial charge in [0.2, 0.25) is 10.0 Å². The molecule has 1 fully saturated rings. The lowest BCUT2D eigenvalue weighted by Gasteiger charge is -2.20. The third-order valence-corrected chi connectivity index (χ3v) is 6.56. The molecule has 1 heterocycles. The number of nitrogens with zero attached hydrogens (tertiary/aromatic N) is 1. The van der Waals surface area contributed by atoms with Crippen LogP contribution in [0.4, 0.5) is 0 Å². The highest BCUT2D eigenvalue weighted by Gasteiger charge is 2.25. The Morgan fingerprint density at radius 2 is 1.21 bits per heavy atom. The van der Waals surface area contributed by atoms with Crippen LogP contribution in [-0.2, 0) is 10.0 Å². The molecule has 8 heteroatoms. The van der Waals surface area contributed by atoms with Gasteiger partial charge in [0.15, 0.2) is 0 Å². The van der Waals surface area contributed by atoms with E-state index in [1.807, 2.05) is 0 Å². The van der Waals surface area contributed by atoms with E-state index in [0.29, 0.717) is 18.7 Å². The molecule has 0 aromatic heterocycles. The minimum Gasteiger partial charge on any atom is -0.267 e. The van der Waals surface area contributed by atoms with Crippen molar-refractivity contribution in [3.63, 3.8) is 0 Å². The minimum atomic E-state index is -3.56. The fourth-order valence-corrected chi connectivity index (χ4v) is 4.57. The fourth-order valence-electron chi connectivity index (χ4n) is 3.06. The van der Waals surface area contributed by atoms with Crippen molar-refractivity contribution in [2.24, 2.45) is 0 Å². The van der Waals surface area contributed by atoms with Crippen LogP contribution in [0, 0.1) is 0 Å². The molecule has 28 heavy (non-hydrogen) atoms. The van der Waals surface area contributed by atoms with Crippen molar-refractivity contribution in [3.8, 4) is 0 Å². The van der Waals surface area contributed by atoms with Crippen molar-refractivity contribution in [2.75, 3.05) is 13.1 Å². The summed E-state index contributed by atoms with van der Waals surface area (Å²) in [4.78, 5) is 24.3. The normalized spacial score (nSPS) is 15.4. The fraction of sp³-hybridized carbons (Fsp3) is 0.300. The van der Waals surface area contributed by atoms with E-state index in [1.165, 1.54) is 28.6 Å². The summed E-state index contributed by atoms with van der Waals surface area (Å²) in [5, 5.41) is 0. The second-order valence-electron chi connectivity index (χ2n) is 6.62. The highest BCUT2D eigenvalue weighted by molar-refractivity contribution is 7.89. The number of carbonyl (C=O) groups excluding carboxylic acids is 2. The van der Waals surface area contributed by atoms with Crippen molar-refractivity contribution >= 4 is 21.8 Å². The van der Waals surface area contributed by atoms with E-state index in [4.69, 9.17) is 0 Å². The highest BCUT2D eigenvalue weighted by atomic mass is 32.2. The Bertz CT molecular complexity index is 920. The molecule has 2 amide bonds. The number of sulfonamides is 1. The van der Waals surface area contributed by atoms with Crippen LogP contribution in [0.5, 0.6) is 0 Å². The zero-order valence-electron chi connectivity index (χ0n) is 15.4. The Kier molecular flexibility index (Phi) is 6.43. The first-order valence-electron chi connectivity index (χ1n) is 9.24. The maximum Gasteiger partial charge on any atom is 0.269 e. The Morgan fingerprint density at radius 3 is 1.75 bits per heavy atom. The van der Waals surface area contributed by atoms with Crippen LogP contribution < -0.4 is 10.9 Å². The molecule has 0 unspecified atom stereocenters. The predicted molar refractivity (Wildman–Crippen MR) is 105 cm³/mol. The van der Waals surface area contributed by atoms with Gasteiger partial charge in [0.1, 0.15) is 0 Å². The summed E-state index contributed by atoms with van der Waals surface area (Å²) in [6, 6.07) is 14.2. The maximum absolute atomic E-state index is 12.8. The molecule has 0 saturated carbocycles. The number of hydrogen-bond acceptors (Lipinski definition) is 4. The first-order chi connectivity index (χ1) is 13.5. The summed E-state index contributed by atoms with van der Waals surface area (Å²) in [6.45, 7) is 1.05. The SMILES string of the molecule is O=C(NNC(=O)c1ccc(S(=O)(=O)N2CCCCCC2)cc1)c1ccccc1. The second kappa shape index (κ2) is 8.99. The molecule has 148 valence electrons. The van der Waals surface area contributed by atoms with E-state index >= 15 is 0 Å². The van der Waals surface area contributed by atoms with Gasteiger partial charge in [-0.1, -0.05) is 31.0 Å². The molecule has 1 saturated heterocycles. The van der Waals surface area contributed by atoms with Gasteiger partial charge in [0.05, 0.1) is 4.90 Å². The van der Waals surface area contributed by atoms with Crippen molar-refractivity contribution < 1.29 is 18.0 Å². The quantitative estimate of drug-likeness (QED) is 0.769. The number of rotatable bonds is 4. The molecular formula is C20H23N3O4S. The van der Waals surface area contributed by atoms with Gasteiger partial charge in [0, 0.05) is 24.2 Å². The minimum absolute atomic E-state index is 0.166. The van der Waals surface area contributed by atoms with Gasteiger partial charge in [-0.2, -0.15) is 4.31 Å². The van der Waals surface area contributed by atoms with Crippen molar-refractivity contribution in [1.82, 2.24) is 15.2 Å². The van der Waals surface area contributed by atoms with Gasteiger partial charge in [-0.15, -0.1) is 0 Å². The molecule has 0 bridgehead atoms. The summed E-state index contributed by atoms with van der Waals surface area (Å²) in [7, 11) is -3.56. The molecule has 2 aromatic carbocycles. The average Bonchev–Trinajstić information content (AvgIpc) is 3.02. The van der Waals surface area contributed by atoms with Gasteiger partial charge in [-0.3, -0.25) is 20.4 Å². The maximum atomic E-state index is 12.8. The first kappa shape index (κ1) is 20.0. The number of benzene rings is 2. The van der Waals surface area contributed by atoms with Crippen LogP contribution in [0.25, 0.3) is 0 Å². The zero-order chi connectivity index (χ0) is 20.0. The van der Waals surface area contributed by atoms with Crippen LogP contribution in [0.2, 0.25) is 0 Å². The van der Waals surface area contributed by atoms with E-state index < -0.39 is 21.8 Å². The van der Waals surface area contributed by atoms with Gasteiger partial charge < -0.3 is 0 Å². The van der Waals surface area contributed by atoms with Crippen molar-refractivity contribution in [1.29, 1.82) is 0 Å². The Balaban J connectivity index is 1.63. The van der Waals surface area contributed by atoms with Crippen LogP contribution in [0.1, 0.15) is 46.4 Å². The lowest BCUT2D eigenvalue weighted by Crippen LogP contribution is -2.41.